The maximum Gasteiger partial charge on any atom is 0.263 e. The molecule has 0 saturated carbocycles. The summed E-state index contributed by atoms with van der Waals surface area (Å²) in [5.41, 5.74) is 0.779. The highest BCUT2D eigenvalue weighted by Crippen LogP contribution is 2.27. The highest BCUT2D eigenvalue weighted by Gasteiger charge is 2.22. The van der Waals surface area contributed by atoms with E-state index in [4.69, 9.17) is 25.6 Å². The maximum absolute atomic E-state index is 12.6. The molecule has 1 unspecified atom stereocenters. The third kappa shape index (κ3) is 4.61. The number of hydrogen-bond acceptors (Lipinski definition) is 6. The van der Waals surface area contributed by atoms with Crippen molar-refractivity contribution < 1.29 is 18.8 Å². The second kappa shape index (κ2) is 8.75. The van der Waals surface area contributed by atoms with Crippen LogP contribution in [0.4, 0.5) is 0 Å². The zero-order valence-electron chi connectivity index (χ0n) is 15.8. The first-order valence-electron chi connectivity index (χ1n) is 8.61. The molecule has 3 aromatic rings. The van der Waals surface area contributed by atoms with Crippen LogP contribution in [0.15, 0.2) is 53.1 Å². The molecular formula is C20H20ClN3O4. The summed E-state index contributed by atoms with van der Waals surface area (Å²) in [6, 6.07) is 14.3. The van der Waals surface area contributed by atoms with Crippen molar-refractivity contribution in [3.8, 4) is 22.9 Å². The van der Waals surface area contributed by atoms with Crippen LogP contribution in [0.3, 0.4) is 0 Å². The lowest BCUT2D eigenvalue weighted by molar-refractivity contribution is -0.137. The van der Waals surface area contributed by atoms with E-state index in [1.54, 1.807) is 57.5 Å². The highest BCUT2D eigenvalue weighted by molar-refractivity contribution is 6.30. The van der Waals surface area contributed by atoms with Gasteiger partial charge in [0.05, 0.1) is 13.7 Å². The van der Waals surface area contributed by atoms with Gasteiger partial charge in [-0.25, -0.2) is 0 Å². The number of aromatic nitrogens is 2. The molecule has 0 bridgehead atoms. The molecule has 1 amide bonds. The highest BCUT2D eigenvalue weighted by atomic mass is 35.5. The van der Waals surface area contributed by atoms with Crippen molar-refractivity contribution in [2.75, 3.05) is 14.2 Å². The van der Waals surface area contributed by atoms with Crippen LogP contribution in [0.1, 0.15) is 12.8 Å². The molecular weight excluding hydrogens is 382 g/mol. The molecule has 0 aliphatic carbocycles. The topological polar surface area (TPSA) is 77.7 Å². The fourth-order valence-corrected chi connectivity index (χ4v) is 2.71. The van der Waals surface area contributed by atoms with Gasteiger partial charge >= 0.3 is 0 Å². The molecule has 28 heavy (non-hydrogen) atoms. The fourth-order valence-electron chi connectivity index (χ4n) is 2.58. The predicted octanol–water partition coefficient (Wildman–Crippen LogP) is 3.82. The summed E-state index contributed by atoms with van der Waals surface area (Å²) in [4.78, 5) is 18.4. The zero-order valence-corrected chi connectivity index (χ0v) is 16.5. The first-order valence-corrected chi connectivity index (χ1v) is 8.99. The van der Waals surface area contributed by atoms with Gasteiger partial charge < -0.3 is 18.9 Å². The molecule has 0 aliphatic heterocycles. The van der Waals surface area contributed by atoms with Gasteiger partial charge in [0.1, 0.15) is 0 Å². The summed E-state index contributed by atoms with van der Waals surface area (Å²) in [6.45, 7) is 1.84. The van der Waals surface area contributed by atoms with Crippen LogP contribution in [0.5, 0.6) is 11.5 Å². The lowest BCUT2D eigenvalue weighted by Crippen LogP contribution is -2.37. The summed E-state index contributed by atoms with van der Waals surface area (Å²) in [6.07, 6.45) is -0.708. The van der Waals surface area contributed by atoms with E-state index in [9.17, 15) is 4.79 Å². The Bertz CT molecular complexity index is 943. The normalized spacial score (nSPS) is 11.7. The van der Waals surface area contributed by atoms with Gasteiger partial charge in [0, 0.05) is 17.6 Å². The molecule has 8 heteroatoms. The molecule has 146 valence electrons. The summed E-state index contributed by atoms with van der Waals surface area (Å²) in [5, 5.41) is 4.58. The fraction of sp³-hybridized carbons (Fsp3) is 0.250. The Balaban J connectivity index is 1.63. The van der Waals surface area contributed by atoms with Gasteiger partial charge in [-0.2, -0.15) is 4.98 Å². The van der Waals surface area contributed by atoms with Crippen LogP contribution in [-0.4, -0.2) is 41.2 Å². The van der Waals surface area contributed by atoms with Crippen molar-refractivity contribution in [3.63, 3.8) is 0 Å². The molecule has 0 fully saturated rings. The molecule has 0 N–H and O–H groups in total. The Kier molecular flexibility index (Phi) is 6.16. The van der Waals surface area contributed by atoms with Gasteiger partial charge in [-0.3, -0.25) is 4.79 Å². The van der Waals surface area contributed by atoms with Gasteiger partial charge in [0.2, 0.25) is 11.7 Å². The third-order valence-corrected chi connectivity index (χ3v) is 4.29. The summed E-state index contributed by atoms with van der Waals surface area (Å²) in [7, 11) is 3.20. The minimum absolute atomic E-state index is 0.166. The van der Waals surface area contributed by atoms with Crippen LogP contribution < -0.4 is 9.47 Å². The van der Waals surface area contributed by atoms with Crippen molar-refractivity contribution in [2.45, 2.75) is 19.6 Å². The summed E-state index contributed by atoms with van der Waals surface area (Å²) < 4.78 is 16.2. The van der Waals surface area contributed by atoms with Crippen molar-refractivity contribution in [1.29, 1.82) is 0 Å². The SMILES string of the molecule is COc1ccccc1OC(C)C(=O)N(C)Cc1nc(-c2ccc(Cl)cc2)no1. The molecule has 1 aromatic heterocycles. The van der Waals surface area contributed by atoms with E-state index in [0.717, 1.165) is 5.56 Å². The van der Waals surface area contributed by atoms with E-state index in [2.05, 4.69) is 10.1 Å². The van der Waals surface area contributed by atoms with Gasteiger partial charge in [0.15, 0.2) is 17.6 Å². The number of rotatable bonds is 7. The molecule has 0 spiro atoms. The minimum Gasteiger partial charge on any atom is -0.493 e. The van der Waals surface area contributed by atoms with Crippen molar-refractivity contribution in [2.24, 2.45) is 0 Å². The number of halogens is 1. The van der Waals surface area contributed by atoms with Crippen molar-refractivity contribution >= 4 is 17.5 Å². The molecule has 0 saturated heterocycles. The Morgan fingerprint density at radius 3 is 2.54 bits per heavy atom. The number of carbonyl (C=O) groups is 1. The second-order valence-corrected chi connectivity index (χ2v) is 6.56. The summed E-state index contributed by atoms with van der Waals surface area (Å²) >= 11 is 5.89. The quantitative estimate of drug-likeness (QED) is 0.598. The van der Waals surface area contributed by atoms with E-state index in [1.807, 2.05) is 12.1 Å². The van der Waals surface area contributed by atoms with Crippen LogP contribution in [0.2, 0.25) is 5.02 Å². The molecule has 0 aliphatic rings. The number of ether oxygens (including phenoxy) is 2. The Morgan fingerprint density at radius 2 is 1.86 bits per heavy atom. The van der Waals surface area contributed by atoms with E-state index in [0.29, 0.717) is 28.2 Å². The van der Waals surface area contributed by atoms with Gasteiger partial charge in [0.25, 0.3) is 5.91 Å². The largest absolute Gasteiger partial charge is 0.493 e. The molecule has 1 atom stereocenters. The van der Waals surface area contributed by atoms with Crippen LogP contribution in [0.25, 0.3) is 11.4 Å². The molecule has 2 aromatic carbocycles. The number of carbonyl (C=O) groups excluding carboxylic acids is 1. The maximum atomic E-state index is 12.6. The van der Waals surface area contributed by atoms with Gasteiger partial charge in [-0.05, 0) is 43.3 Å². The van der Waals surface area contributed by atoms with Crippen LogP contribution >= 0.6 is 11.6 Å². The predicted molar refractivity (Wildman–Crippen MR) is 104 cm³/mol. The smallest absolute Gasteiger partial charge is 0.263 e. The number of likely N-dealkylation sites (N-methyl/N-ethyl adjacent to an activating group) is 1. The molecule has 3 rings (SSSR count). The number of methoxy groups -OCH3 is 1. The van der Waals surface area contributed by atoms with Gasteiger partial charge in [-0.1, -0.05) is 28.9 Å². The number of amides is 1. The van der Waals surface area contributed by atoms with E-state index in [1.165, 1.54) is 4.90 Å². The molecule has 7 nitrogen and oxygen atoms in total. The lowest BCUT2D eigenvalue weighted by Gasteiger charge is -2.21. The number of para-hydroxylation sites is 2. The van der Waals surface area contributed by atoms with E-state index in [-0.39, 0.29) is 12.5 Å². The average Bonchev–Trinajstić information content (AvgIpc) is 3.16. The average molecular weight is 402 g/mol. The Hall–Kier alpha value is -3.06. The number of hydrogen-bond donors (Lipinski definition) is 0. The number of nitrogens with zero attached hydrogens (tertiary/aromatic N) is 3. The second-order valence-electron chi connectivity index (χ2n) is 6.12. The molecule has 0 radical (unpaired) electrons. The van der Waals surface area contributed by atoms with E-state index >= 15 is 0 Å². The van der Waals surface area contributed by atoms with E-state index < -0.39 is 6.10 Å². The standard InChI is InChI=1S/C20H20ClN3O4/c1-13(27-17-7-5-4-6-16(17)26-3)20(25)24(2)12-18-22-19(23-28-18)14-8-10-15(21)11-9-14/h4-11,13H,12H2,1-3H3. The Labute approximate surface area is 167 Å². The monoisotopic (exact) mass is 401 g/mol. The Morgan fingerprint density at radius 1 is 1.18 bits per heavy atom. The van der Waals surface area contributed by atoms with Gasteiger partial charge in [-0.15, -0.1) is 0 Å². The zero-order chi connectivity index (χ0) is 20.1. The first-order chi connectivity index (χ1) is 13.5. The van der Waals surface area contributed by atoms with Crippen molar-refractivity contribution in [3.05, 3.63) is 59.4 Å². The lowest BCUT2D eigenvalue weighted by atomic mass is 10.2. The first kappa shape index (κ1) is 19.7. The third-order valence-electron chi connectivity index (χ3n) is 4.04. The van der Waals surface area contributed by atoms with Crippen molar-refractivity contribution in [1.82, 2.24) is 15.0 Å². The minimum atomic E-state index is -0.708. The van der Waals surface area contributed by atoms with Crippen LogP contribution in [-0.2, 0) is 11.3 Å². The number of benzene rings is 2. The molecule has 1 heterocycles. The van der Waals surface area contributed by atoms with Crippen LogP contribution in [0, 0.1) is 0 Å². The summed E-state index contributed by atoms with van der Waals surface area (Å²) in [5.74, 6) is 1.60.